The zero-order chi connectivity index (χ0) is 10.7. The number of hydrogen-bond acceptors (Lipinski definition) is 2. The van der Waals surface area contributed by atoms with Crippen LogP contribution in [0.25, 0.3) is 11.3 Å². The van der Waals surface area contributed by atoms with Crippen LogP contribution in [0.2, 0.25) is 0 Å². The van der Waals surface area contributed by atoms with Crippen LogP contribution in [0.3, 0.4) is 0 Å². The Morgan fingerprint density at radius 2 is 1.87 bits per heavy atom. The Bertz CT molecular complexity index is 512. The maximum Gasteiger partial charge on any atom is 0.126 e. The lowest BCUT2D eigenvalue weighted by Gasteiger charge is -1.99. The molecule has 0 spiro atoms. The molecule has 0 N–H and O–H groups in total. The molecule has 1 heterocycles. The van der Waals surface area contributed by atoms with E-state index in [9.17, 15) is 4.39 Å². The maximum atomic E-state index is 12.9. The third-order valence-electron chi connectivity index (χ3n) is 2.03. The quantitative estimate of drug-likeness (QED) is 0.706. The van der Waals surface area contributed by atoms with Gasteiger partial charge in [-0.05, 0) is 18.2 Å². The van der Waals surface area contributed by atoms with Crippen LogP contribution in [0.4, 0.5) is 4.39 Å². The Morgan fingerprint density at radius 1 is 1.13 bits per heavy atom. The summed E-state index contributed by atoms with van der Waals surface area (Å²) in [7, 11) is 0. The van der Waals surface area contributed by atoms with Crippen LogP contribution < -0.4 is 0 Å². The van der Waals surface area contributed by atoms with Gasteiger partial charge in [-0.25, -0.2) is 4.39 Å². The molecule has 1 aromatic heterocycles. The van der Waals surface area contributed by atoms with Gasteiger partial charge in [-0.1, -0.05) is 12.1 Å². The summed E-state index contributed by atoms with van der Waals surface area (Å²) < 4.78 is 12.9. The molecule has 0 aliphatic rings. The number of rotatable bonds is 1. The molecule has 2 rings (SSSR count). The molecule has 0 bridgehead atoms. The number of benzene rings is 1. The van der Waals surface area contributed by atoms with Crippen molar-refractivity contribution >= 4 is 0 Å². The smallest absolute Gasteiger partial charge is 0.126 e. The summed E-state index contributed by atoms with van der Waals surface area (Å²) in [5.74, 6) is -0.315. The lowest BCUT2D eigenvalue weighted by atomic mass is 10.1. The van der Waals surface area contributed by atoms with Crippen molar-refractivity contribution in [3.05, 3.63) is 54.0 Å². The van der Waals surface area contributed by atoms with Crippen LogP contribution in [0, 0.1) is 17.1 Å². The molecule has 0 saturated carbocycles. The van der Waals surface area contributed by atoms with E-state index in [1.165, 1.54) is 18.3 Å². The van der Waals surface area contributed by atoms with Crippen molar-refractivity contribution < 1.29 is 4.39 Å². The van der Waals surface area contributed by atoms with Gasteiger partial charge in [0.15, 0.2) is 0 Å². The van der Waals surface area contributed by atoms with E-state index in [-0.39, 0.29) is 5.82 Å². The van der Waals surface area contributed by atoms with Gasteiger partial charge >= 0.3 is 0 Å². The zero-order valence-corrected chi connectivity index (χ0v) is 7.81. The number of pyridine rings is 1. The first kappa shape index (κ1) is 9.35. The highest BCUT2D eigenvalue weighted by atomic mass is 19.1. The minimum absolute atomic E-state index is 0.315. The van der Waals surface area contributed by atoms with E-state index in [1.54, 1.807) is 24.3 Å². The SMILES string of the molecule is N#Cc1ccc(-c2cc(F)ccn2)cc1. The molecule has 0 amide bonds. The first-order valence-corrected chi connectivity index (χ1v) is 4.42. The second-order valence-corrected chi connectivity index (χ2v) is 3.05. The Kier molecular flexibility index (Phi) is 2.42. The molecule has 0 aliphatic carbocycles. The highest BCUT2D eigenvalue weighted by Gasteiger charge is 2.00. The van der Waals surface area contributed by atoms with Crippen LogP contribution in [0.15, 0.2) is 42.6 Å². The van der Waals surface area contributed by atoms with Gasteiger partial charge in [0.1, 0.15) is 5.82 Å². The standard InChI is InChI=1S/C12H7FN2/c13-11-5-6-15-12(7-11)10-3-1-9(8-14)2-4-10/h1-7H. The summed E-state index contributed by atoms with van der Waals surface area (Å²) >= 11 is 0. The normalized spacial score (nSPS) is 9.60. The van der Waals surface area contributed by atoms with Crippen molar-refractivity contribution in [2.45, 2.75) is 0 Å². The van der Waals surface area contributed by atoms with Crippen LogP contribution in [0.5, 0.6) is 0 Å². The molecule has 0 unspecified atom stereocenters. The van der Waals surface area contributed by atoms with E-state index in [4.69, 9.17) is 5.26 Å². The predicted octanol–water partition coefficient (Wildman–Crippen LogP) is 2.76. The number of aromatic nitrogens is 1. The van der Waals surface area contributed by atoms with Gasteiger partial charge in [0.2, 0.25) is 0 Å². The van der Waals surface area contributed by atoms with Crippen LogP contribution in [0.1, 0.15) is 5.56 Å². The van der Waals surface area contributed by atoms with Gasteiger partial charge in [-0.15, -0.1) is 0 Å². The molecule has 0 atom stereocenters. The number of hydrogen-bond donors (Lipinski definition) is 0. The number of nitrogens with zero attached hydrogens (tertiary/aromatic N) is 2. The first-order chi connectivity index (χ1) is 7.29. The topological polar surface area (TPSA) is 36.7 Å². The molecule has 1 aromatic carbocycles. The van der Waals surface area contributed by atoms with E-state index in [0.29, 0.717) is 11.3 Å². The second kappa shape index (κ2) is 3.89. The average molecular weight is 198 g/mol. The number of nitriles is 1. The monoisotopic (exact) mass is 198 g/mol. The molecule has 0 fully saturated rings. The minimum atomic E-state index is -0.315. The van der Waals surface area contributed by atoms with Gasteiger partial charge in [-0.3, -0.25) is 4.98 Å². The molecular weight excluding hydrogens is 191 g/mol. The predicted molar refractivity (Wildman–Crippen MR) is 54.3 cm³/mol. The largest absolute Gasteiger partial charge is 0.256 e. The molecule has 15 heavy (non-hydrogen) atoms. The number of halogens is 1. The fourth-order valence-corrected chi connectivity index (χ4v) is 1.28. The van der Waals surface area contributed by atoms with Crippen molar-refractivity contribution in [2.75, 3.05) is 0 Å². The van der Waals surface area contributed by atoms with Crippen molar-refractivity contribution in [3.63, 3.8) is 0 Å². The molecule has 3 heteroatoms. The Labute approximate surface area is 86.6 Å². The third-order valence-corrected chi connectivity index (χ3v) is 2.03. The summed E-state index contributed by atoms with van der Waals surface area (Å²) in [4.78, 5) is 4.04. The molecule has 72 valence electrons. The molecule has 0 aliphatic heterocycles. The zero-order valence-electron chi connectivity index (χ0n) is 7.81. The molecule has 0 radical (unpaired) electrons. The summed E-state index contributed by atoms with van der Waals surface area (Å²) in [5, 5.41) is 8.62. The summed E-state index contributed by atoms with van der Waals surface area (Å²) in [5.41, 5.74) is 1.95. The fourth-order valence-electron chi connectivity index (χ4n) is 1.28. The van der Waals surface area contributed by atoms with Crippen molar-refractivity contribution in [1.82, 2.24) is 4.98 Å². The van der Waals surface area contributed by atoms with Crippen LogP contribution in [-0.2, 0) is 0 Å². The van der Waals surface area contributed by atoms with Gasteiger partial charge in [-0.2, -0.15) is 5.26 Å². The molecule has 2 aromatic rings. The van der Waals surface area contributed by atoms with Crippen molar-refractivity contribution in [2.24, 2.45) is 0 Å². The van der Waals surface area contributed by atoms with Crippen molar-refractivity contribution in [1.29, 1.82) is 5.26 Å². The Hall–Kier alpha value is -2.21. The van der Waals surface area contributed by atoms with Crippen LogP contribution in [-0.4, -0.2) is 4.98 Å². The first-order valence-electron chi connectivity index (χ1n) is 4.42. The molecule has 0 saturated heterocycles. The van der Waals surface area contributed by atoms with E-state index < -0.39 is 0 Å². The summed E-state index contributed by atoms with van der Waals surface area (Å²) in [6.07, 6.45) is 1.42. The van der Waals surface area contributed by atoms with Crippen molar-refractivity contribution in [3.8, 4) is 17.3 Å². The summed E-state index contributed by atoms with van der Waals surface area (Å²) in [6.45, 7) is 0. The third kappa shape index (κ3) is 2.00. The summed E-state index contributed by atoms with van der Waals surface area (Å²) in [6, 6.07) is 11.5. The Morgan fingerprint density at radius 3 is 2.47 bits per heavy atom. The van der Waals surface area contributed by atoms with Crippen LogP contribution >= 0.6 is 0 Å². The van der Waals surface area contributed by atoms with E-state index in [1.807, 2.05) is 6.07 Å². The average Bonchev–Trinajstić information content (AvgIpc) is 2.29. The lowest BCUT2D eigenvalue weighted by molar-refractivity contribution is 0.626. The highest BCUT2D eigenvalue weighted by molar-refractivity contribution is 5.59. The minimum Gasteiger partial charge on any atom is -0.256 e. The fraction of sp³-hybridized carbons (Fsp3) is 0. The molecular formula is C12H7FN2. The Balaban J connectivity index is 2.42. The van der Waals surface area contributed by atoms with E-state index in [2.05, 4.69) is 4.98 Å². The second-order valence-electron chi connectivity index (χ2n) is 3.05. The highest BCUT2D eigenvalue weighted by Crippen LogP contribution is 2.17. The maximum absolute atomic E-state index is 12.9. The van der Waals surface area contributed by atoms with Gasteiger partial charge in [0.25, 0.3) is 0 Å². The van der Waals surface area contributed by atoms with Gasteiger partial charge in [0, 0.05) is 17.8 Å². The molecule has 2 nitrogen and oxygen atoms in total. The van der Waals surface area contributed by atoms with E-state index in [0.717, 1.165) is 5.56 Å². The lowest BCUT2D eigenvalue weighted by Crippen LogP contribution is -1.84. The van der Waals surface area contributed by atoms with Gasteiger partial charge in [0.05, 0.1) is 17.3 Å². The van der Waals surface area contributed by atoms with E-state index >= 15 is 0 Å². The van der Waals surface area contributed by atoms with Gasteiger partial charge < -0.3 is 0 Å².